The zero-order valence-electron chi connectivity index (χ0n) is 20.7. The molecule has 0 saturated carbocycles. The Kier molecular flexibility index (Phi) is 13.5. The topological polar surface area (TPSA) is 0 Å². The summed E-state index contributed by atoms with van der Waals surface area (Å²) in [6.07, 6.45) is 7.79. The van der Waals surface area contributed by atoms with Gasteiger partial charge in [0.05, 0.1) is 0 Å². The van der Waals surface area contributed by atoms with Gasteiger partial charge in [-0.15, -0.1) is 58.5 Å². The molecule has 0 nitrogen and oxygen atoms in total. The van der Waals surface area contributed by atoms with Crippen molar-refractivity contribution in [1.29, 1.82) is 0 Å². The maximum absolute atomic E-state index is 3.06. The molecule has 3 aromatic carbocycles. The first kappa shape index (κ1) is 33.6. The Labute approximate surface area is 225 Å². The SMILES string of the molecule is CC(C)(C)c1ccc2c(c1)[cH-]c1c(C3=CC=CC3)c(C(C)(C)C)ccc12.Cl.Cl.[CH3-].[CH3-].[Si]=[Zr]. The molecule has 0 N–H and O–H groups in total. The van der Waals surface area contributed by atoms with Crippen LogP contribution in [-0.4, -0.2) is 6.88 Å². The van der Waals surface area contributed by atoms with Crippen LogP contribution in [0.4, 0.5) is 0 Å². The van der Waals surface area contributed by atoms with E-state index in [2.05, 4.69) is 103 Å². The van der Waals surface area contributed by atoms with E-state index in [0.29, 0.717) is 0 Å². The molecular formula is C28H37Cl2SiZr-3. The summed E-state index contributed by atoms with van der Waals surface area (Å²) in [5.74, 6) is 0. The van der Waals surface area contributed by atoms with Crippen LogP contribution < -0.4 is 0 Å². The molecule has 0 bridgehead atoms. The van der Waals surface area contributed by atoms with E-state index < -0.39 is 0 Å². The van der Waals surface area contributed by atoms with Crippen LogP contribution in [0.5, 0.6) is 0 Å². The van der Waals surface area contributed by atoms with E-state index in [1.807, 2.05) is 0 Å². The average molecular weight is 564 g/mol. The van der Waals surface area contributed by atoms with Gasteiger partial charge in [-0.1, -0.05) is 106 Å². The molecule has 3 aromatic rings. The fourth-order valence-corrected chi connectivity index (χ4v) is 4.16. The van der Waals surface area contributed by atoms with Gasteiger partial charge in [0.15, 0.2) is 0 Å². The summed E-state index contributed by atoms with van der Waals surface area (Å²) >= 11 is 1.36. The summed E-state index contributed by atoms with van der Waals surface area (Å²) in [4.78, 5) is 0. The van der Waals surface area contributed by atoms with Gasteiger partial charge in [-0.25, -0.2) is 0 Å². The summed E-state index contributed by atoms with van der Waals surface area (Å²) in [6, 6.07) is 14.1. The molecule has 4 heteroatoms. The number of halogens is 2. The van der Waals surface area contributed by atoms with Gasteiger partial charge in [-0.2, -0.15) is 0 Å². The standard InChI is InChI=1S/C26H29.2CH3.2ClH.Si.Zr/c1-25(2,3)19-11-12-20-18(15-19)16-22-21(20)13-14-23(26(4,5)6)24(22)17-9-7-8-10-17;;;;;;/h7-9,11-16H,10H2,1-6H3;2*1H3;2*1H;;/q3*-1;;;;. The molecule has 1 aliphatic carbocycles. The van der Waals surface area contributed by atoms with Gasteiger partial charge in [0.2, 0.25) is 0 Å². The number of hydrogen-bond donors (Lipinski definition) is 0. The van der Waals surface area contributed by atoms with Gasteiger partial charge < -0.3 is 14.9 Å². The van der Waals surface area contributed by atoms with E-state index in [1.165, 1.54) is 67.1 Å². The van der Waals surface area contributed by atoms with E-state index in [1.54, 1.807) is 0 Å². The van der Waals surface area contributed by atoms with Crippen LogP contribution in [0.25, 0.3) is 27.1 Å². The zero-order chi connectivity index (χ0) is 20.7. The second-order valence-electron chi connectivity index (χ2n) is 9.72. The predicted octanol–water partition coefficient (Wildman–Crippen LogP) is 9.01. The molecule has 0 saturated heterocycles. The first-order valence-electron chi connectivity index (χ1n) is 9.94. The molecule has 32 heavy (non-hydrogen) atoms. The van der Waals surface area contributed by atoms with Gasteiger partial charge in [0.1, 0.15) is 0 Å². The summed E-state index contributed by atoms with van der Waals surface area (Å²) in [7, 11) is 0. The minimum absolute atomic E-state index is 0. The van der Waals surface area contributed by atoms with Crippen molar-refractivity contribution in [2.45, 2.75) is 58.8 Å². The van der Waals surface area contributed by atoms with Crippen molar-refractivity contribution in [3.8, 4) is 0 Å². The fraction of sp³-hybridized carbons (Fsp3) is 0.321. The Bertz CT molecular complexity index is 1090. The first-order chi connectivity index (χ1) is 13.2. The van der Waals surface area contributed by atoms with Crippen molar-refractivity contribution in [2.24, 2.45) is 0 Å². The van der Waals surface area contributed by atoms with E-state index in [-0.39, 0.29) is 50.5 Å². The molecule has 0 spiro atoms. The van der Waals surface area contributed by atoms with Crippen molar-refractivity contribution < 1.29 is 23.3 Å². The molecule has 0 heterocycles. The third-order valence-electron chi connectivity index (χ3n) is 5.65. The molecular weight excluding hydrogens is 527 g/mol. The first-order valence-corrected chi connectivity index (χ1v) is 14.1. The van der Waals surface area contributed by atoms with E-state index >= 15 is 0 Å². The Morgan fingerprint density at radius 2 is 1.44 bits per heavy atom. The third kappa shape index (κ3) is 6.53. The van der Waals surface area contributed by atoms with Gasteiger partial charge in [-0.3, -0.25) is 0 Å². The van der Waals surface area contributed by atoms with E-state index in [9.17, 15) is 0 Å². The van der Waals surface area contributed by atoms with Crippen molar-refractivity contribution in [1.82, 2.24) is 0 Å². The summed E-state index contributed by atoms with van der Waals surface area (Å²) in [5.41, 5.74) is 6.06. The molecule has 0 fully saturated rings. The number of rotatable bonds is 1. The Balaban J connectivity index is 0. The van der Waals surface area contributed by atoms with Gasteiger partial charge in [0.25, 0.3) is 0 Å². The van der Waals surface area contributed by atoms with Gasteiger partial charge in [-0.05, 0) is 17.3 Å². The zero-order valence-corrected chi connectivity index (χ0v) is 25.8. The number of allylic oxidation sites excluding steroid dienone is 4. The Morgan fingerprint density at radius 1 is 0.844 bits per heavy atom. The molecule has 4 rings (SSSR count). The second-order valence-corrected chi connectivity index (χ2v) is 9.72. The van der Waals surface area contributed by atoms with Crippen LogP contribution in [0.1, 0.15) is 64.7 Å². The van der Waals surface area contributed by atoms with Crippen LogP contribution in [-0.2, 0) is 34.2 Å². The second kappa shape index (κ2) is 12.8. The van der Waals surface area contributed by atoms with Gasteiger partial charge >= 0.3 is 30.2 Å². The fourth-order valence-electron chi connectivity index (χ4n) is 4.16. The van der Waals surface area contributed by atoms with Crippen LogP contribution in [0.3, 0.4) is 0 Å². The number of fused-ring (bicyclic) bond motifs is 3. The molecule has 174 valence electrons. The Hall–Kier alpha value is -0.530. The molecule has 0 aliphatic heterocycles. The quantitative estimate of drug-likeness (QED) is 0.205. The number of hydrogen-bond acceptors (Lipinski definition) is 0. The summed E-state index contributed by atoms with van der Waals surface area (Å²) < 4.78 is 0. The van der Waals surface area contributed by atoms with E-state index in [0.717, 1.165) is 6.42 Å². The monoisotopic (exact) mass is 561 g/mol. The third-order valence-corrected chi connectivity index (χ3v) is 5.65. The molecule has 0 unspecified atom stereocenters. The molecule has 0 atom stereocenters. The summed E-state index contributed by atoms with van der Waals surface area (Å²) in [6.45, 7) is 16.9. The van der Waals surface area contributed by atoms with Crippen molar-refractivity contribution in [2.75, 3.05) is 0 Å². The van der Waals surface area contributed by atoms with Crippen molar-refractivity contribution in [3.05, 3.63) is 86.2 Å². The number of benzene rings is 2. The molecule has 1 aliphatic rings. The van der Waals surface area contributed by atoms with Crippen LogP contribution in [0.15, 0.2) is 54.6 Å². The molecule has 2 radical (unpaired) electrons. The van der Waals surface area contributed by atoms with Crippen molar-refractivity contribution >= 4 is 58.8 Å². The van der Waals surface area contributed by atoms with E-state index in [4.69, 9.17) is 0 Å². The van der Waals surface area contributed by atoms with Gasteiger partial charge in [0, 0.05) is 0 Å². The predicted molar refractivity (Wildman–Crippen MR) is 149 cm³/mol. The van der Waals surface area contributed by atoms with Crippen LogP contribution >= 0.6 is 24.8 Å². The Morgan fingerprint density at radius 3 is 1.94 bits per heavy atom. The normalized spacial score (nSPS) is 12.5. The van der Waals surface area contributed by atoms with Crippen molar-refractivity contribution in [3.63, 3.8) is 0 Å². The molecule has 0 amide bonds. The maximum atomic E-state index is 3.06. The average Bonchev–Trinajstić information content (AvgIpc) is 3.28. The van der Waals surface area contributed by atoms with Crippen LogP contribution in [0.2, 0.25) is 0 Å². The molecule has 0 aromatic heterocycles. The van der Waals surface area contributed by atoms with Crippen LogP contribution in [0, 0.1) is 14.9 Å². The summed E-state index contributed by atoms with van der Waals surface area (Å²) in [5, 5.41) is 5.54. The minimum atomic E-state index is 0.